The molecule has 0 saturated heterocycles. The van der Waals surface area contributed by atoms with Gasteiger partial charge in [-0.3, -0.25) is 4.79 Å². The summed E-state index contributed by atoms with van der Waals surface area (Å²) in [6.45, 7) is 2.65. The molecule has 0 aliphatic heterocycles. The number of amides is 2. The van der Waals surface area contributed by atoms with Crippen LogP contribution in [-0.2, 0) is 4.79 Å². The van der Waals surface area contributed by atoms with Crippen LogP contribution in [-0.4, -0.2) is 41.1 Å². The highest BCUT2D eigenvalue weighted by Gasteiger charge is 2.38. The van der Waals surface area contributed by atoms with Crippen LogP contribution in [0.15, 0.2) is 0 Å². The highest BCUT2D eigenvalue weighted by Crippen LogP contribution is 2.43. The summed E-state index contributed by atoms with van der Waals surface area (Å²) in [6, 6.07) is -0.0697. The average Bonchev–Trinajstić information content (AvgIpc) is 3.08. The largest absolute Gasteiger partial charge is 0.480 e. The van der Waals surface area contributed by atoms with Crippen molar-refractivity contribution in [2.24, 2.45) is 5.41 Å². The summed E-state index contributed by atoms with van der Waals surface area (Å²) in [5.41, 5.74) is 0.272. The molecular weight excluding hydrogens is 232 g/mol. The van der Waals surface area contributed by atoms with Crippen LogP contribution in [0.3, 0.4) is 0 Å². The second-order valence-corrected chi connectivity index (χ2v) is 5.62. The van der Waals surface area contributed by atoms with E-state index in [0.29, 0.717) is 6.54 Å². The van der Waals surface area contributed by atoms with E-state index >= 15 is 0 Å². The maximum Gasteiger partial charge on any atom is 0.323 e. The zero-order valence-corrected chi connectivity index (χ0v) is 10.9. The highest BCUT2D eigenvalue weighted by atomic mass is 16.4. The molecule has 5 heteroatoms. The lowest BCUT2D eigenvalue weighted by Gasteiger charge is -2.41. The third-order valence-electron chi connectivity index (χ3n) is 4.33. The Bertz CT molecular complexity index is 330. The molecule has 0 unspecified atom stereocenters. The number of aliphatic carboxylic acids is 1. The molecule has 0 aromatic carbocycles. The lowest BCUT2D eigenvalue weighted by atomic mass is 9.67. The molecular formula is C13H22N2O3. The molecule has 2 aliphatic rings. The SMILES string of the molecule is CCC1(CNC(=O)N(CC(=O)O)C2CC2)CCC1. The van der Waals surface area contributed by atoms with E-state index in [1.807, 2.05) is 0 Å². The predicted molar refractivity (Wildman–Crippen MR) is 67.3 cm³/mol. The van der Waals surface area contributed by atoms with E-state index < -0.39 is 5.97 Å². The van der Waals surface area contributed by atoms with Crippen LogP contribution < -0.4 is 5.32 Å². The van der Waals surface area contributed by atoms with Gasteiger partial charge in [0, 0.05) is 12.6 Å². The lowest BCUT2D eigenvalue weighted by Crippen LogP contribution is -2.49. The fourth-order valence-electron chi connectivity index (χ4n) is 2.60. The molecule has 0 spiro atoms. The first-order valence-corrected chi connectivity index (χ1v) is 6.82. The molecule has 0 aromatic rings. The first-order valence-electron chi connectivity index (χ1n) is 6.82. The normalized spacial score (nSPS) is 20.9. The molecule has 0 radical (unpaired) electrons. The van der Waals surface area contributed by atoms with Crippen molar-refractivity contribution < 1.29 is 14.7 Å². The van der Waals surface area contributed by atoms with Gasteiger partial charge in [-0.1, -0.05) is 13.3 Å². The Labute approximate surface area is 108 Å². The molecule has 2 N–H and O–H groups in total. The van der Waals surface area contributed by atoms with Crippen molar-refractivity contribution in [2.75, 3.05) is 13.1 Å². The smallest absolute Gasteiger partial charge is 0.323 e. The number of nitrogens with zero attached hydrogens (tertiary/aromatic N) is 1. The van der Waals surface area contributed by atoms with E-state index in [0.717, 1.165) is 19.3 Å². The molecule has 5 nitrogen and oxygen atoms in total. The maximum absolute atomic E-state index is 12.0. The number of carboxylic acids is 1. The molecule has 18 heavy (non-hydrogen) atoms. The molecule has 2 saturated carbocycles. The number of rotatable bonds is 6. The number of carbonyl (C=O) groups is 2. The van der Waals surface area contributed by atoms with Crippen molar-refractivity contribution in [1.82, 2.24) is 10.2 Å². The molecule has 0 aromatic heterocycles. The summed E-state index contributed by atoms with van der Waals surface area (Å²) in [6.07, 6.45) is 6.53. The van der Waals surface area contributed by atoms with Crippen LogP contribution in [0, 0.1) is 5.41 Å². The number of carbonyl (C=O) groups excluding carboxylic acids is 1. The Balaban J connectivity index is 1.83. The number of hydrogen-bond acceptors (Lipinski definition) is 2. The lowest BCUT2D eigenvalue weighted by molar-refractivity contribution is -0.137. The van der Waals surface area contributed by atoms with E-state index in [1.54, 1.807) is 0 Å². The Morgan fingerprint density at radius 2 is 2.06 bits per heavy atom. The number of nitrogens with one attached hydrogen (secondary N) is 1. The maximum atomic E-state index is 12.0. The van der Waals surface area contributed by atoms with Crippen molar-refractivity contribution in [3.8, 4) is 0 Å². The summed E-state index contributed by atoms with van der Waals surface area (Å²) in [5, 5.41) is 11.7. The minimum Gasteiger partial charge on any atom is -0.480 e. The van der Waals surface area contributed by atoms with Gasteiger partial charge in [-0.25, -0.2) is 4.79 Å². The molecule has 0 heterocycles. The van der Waals surface area contributed by atoms with Crippen molar-refractivity contribution >= 4 is 12.0 Å². The standard InChI is InChI=1S/C13H22N2O3/c1-2-13(6-3-7-13)9-14-12(18)15(8-11(16)17)10-4-5-10/h10H,2-9H2,1H3,(H,14,18)(H,16,17). The number of hydrogen-bond donors (Lipinski definition) is 2. The van der Waals surface area contributed by atoms with Gasteiger partial charge in [-0.2, -0.15) is 0 Å². The minimum absolute atomic E-state index is 0.139. The highest BCUT2D eigenvalue weighted by molar-refractivity contribution is 5.80. The van der Waals surface area contributed by atoms with Crippen LogP contribution in [0.25, 0.3) is 0 Å². The van der Waals surface area contributed by atoms with E-state index in [1.165, 1.54) is 24.2 Å². The third kappa shape index (κ3) is 2.94. The van der Waals surface area contributed by atoms with Gasteiger partial charge in [0.05, 0.1) is 0 Å². The van der Waals surface area contributed by atoms with Gasteiger partial charge in [-0.05, 0) is 37.5 Å². The van der Waals surface area contributed by atoms with E-state index in [4.69, 9.17) is 5.11 Å². The first kappa shape index (κ1) is 13.2. The van der Waals surface area contributed by atoms with E-state index in [2.05, 4.69) is 12.2 Å². The summed E-state index contributed by atoms with van der Waals surface area (Å²) in [5.74, 6) is -0.939. The van der Waals surface area contributed by atoms with Crippen LogP contribution >= 0.6 is 0 Å². The Kier molecular flexibility index (Phi) is 3.78. The van der Waals surface area contributed by atoms with Crippen LogP contribution in [0.1, 0.15) is 45.4 Å². The van der Waals surface area contributed by atoms with Gasteiger partial charge in [0.2, 0.25) is 0 Å². The van der Waals surface area contributed by atoms with Gasteiger partial charge >= 0.3 is 12.0 Å². The van der Waals surface area contributed by atoms with Gasteiger partial charge in [0.15, 0.2) is 0 Å². The van der Waals surface area contributed by atoms with Gasteiger partial charge < -0.3 is 15.3 Å². The van der Waals surface area contributed by atoms with Gasteiger partial charge in [0.25, 0.3) is 0 Å². The molecule has 2 rings (SSSR count). The second kappa shape index (κ2) is 5.16. The molecule has 2 amide bonds. The monoisotopic (exact) mass is 254 g/mol. The fraction of sp³-hybridized carbons (Fsp3) is 0.846. The van der Waals surface area contributed by atoms with E-state index in [9.17, 15) is 9.59 Å². The first-order chi connectivity index (χ1) is 8.56. The summed E-state index contributed by atoms with van der Waals surface area (Å²) >= 11 is 0. The molecule has 0 bridgehead atoms. The zero-order valence-electron chi connectivity index (χ0n) is 10.9. The third-order valence-corrected chi connectivity index (χ3v) is 4.33. The minimum atomic E-state index is -0.939. The fourth-order valence-corrected chi connectivity index (χ4v) is 2.60. The quantitative estimate of drug-likeness (QED) is 0.759. The topological polar surface area (TPSA) is 69.6 Å². The molecule has 2 aliphatic carbocycles. The average molecular weight is 254 g/mol. The molecule has 2 fully saturated rings. The Morgan fingerprint density at radius 1 is 1.39 bits per heavy atom. The molecule has 0 atom stereocenters. The summed E-state index contributed by atoms with van der Waals surface area (Å²) in [7, 11) is 0. The second-order valence-electron chi connectivity index (χ2n) is 5.62. The van der Waals surface area contributed by atoms with Crippen molar-refractivity contribution in [3.63, 3.8) is 0 Å². The summed E-state index contributed by atoms with van der Waals surface area (Å²) in [4.78, 5) is 24.2. The molecule has 102 valence electrons. The van der Waals surface area contributed by atoms with Crippen molar-refractivity contribution in [3.05, 3.63) is 0 Å². The van der Waals surface area contributed by atoms with Crippen molar-refractivity contribution in [2.45, 2.75) is 51.5 Å². The van der Waals surface area contributed by atoms with E-state index in [-0.39, 0.29) is 24.0 Å². The Morgan fingerprint density at radius 3 is 2.44 bits per heavy atom. The number of carboxylic acid groups (broad SMARTS) is 1. The van der Waals surface area contributed by atoms with Gasteiger partial charge in [-0.15, -0.1) is 0 Å². The van der Waals surface area contributed by atoms with Crippen LogP contribution in [0.4, 0.5) is 4.79 Å². The van der Waals surface area contributed by atoms with Crippen molar-refractivity contribution in [1.29, 1.82) is 0 Å². The van der Waals surface area contributed by atoms with Crippen LogP contribution in [0.5, 0.6) is 0 Å². The summed E-state index contributed by atoms with van der Waals surface area (Å²) < 4.78 is 0. The van der Waals surface area contributed by atoms with Crippen LogP contribution in [0.2, 0.25) is 0 Å². The van der Waals surface area contributed by atoms with Gasteiger partial charge in [0.1, 0.15) is 6.54 Å². The zero-order chi connectivity index (χ0) is 13.2. The number of urea groups is 1. The Hall–Kier alpha value is -1.26. The predicted octanol–water partition coefficient (Wildman–Crippen LogP) is 1.83.